The summed E-state index contributed by atoms with van der Waals surface area (Å²) in [6.07, 6.45) is 2.13. The minimum absolute atomic E-state index is 0.00364. The van der Waals surface area contributed by atoms with Crippen LogP contribution in [0, 0.1) is 0 Å². The van der Waals surface area contributed by atoms with E-state index in [-0.39, 0.29) is 11.8 Å². The van der Waals surface area contributed by atoms with Crippen LogP contribution in [0.1, 0.15) is 18.2 Å². The zero-order valence-electron chi connectivity index (χ0n) is 10.7. The molecule has 1 N–H and O–H groups in total. The Kier molecular flexibility index (Phi) is 4.39. The van der Waals surface area contributed by atoms with E-state index >= 15 is 0 Å². The van der Waals surface area contributed by atoms with Gasteiger partial charge in [-0.25, -0.2) is 13.1 Å². The predicted octanol–water partition coefficient (Wildman–Crippen LogP) is 2.33. The fourth-order valence-electron chi connectivity index (χ4n) is 1.91. The van der Waals surface area contributed by atoms with Crippen LogP contribution in [0.2, 0.25) is 0 Å². The van der Waals surface area contributed by atoms with E-state index in [1.54, 1.807) is 24.5 Å². The summed E-state index contributed by atoms with van der Waals surface area (Å²) in [5.74, 6) is 0.769. The highest BCUT2D eigenvalue weighted by molar-refractivity contribution is 7.88. The molecule has 5 heteroatoms. The molecule has 0 aliphatic carbocycles. The zero-order chi connectivity index (χ0) is 13.7. The molecule has 0 saturated carbocycles. The maximum atomic E-state index is 12.0. The highest BCUT2D eigenvalue weighted by Gasteiger charge is 2.16. The van der Waals surface area contributed by atoms with Crippen LogP contribution < -0.4 is 4.72 Å². The predicted molar refractivity (Wildman–Crippen MR) is 74.1 cm³/mol. The molecule has 1 atom stereocenters. The third kappa shape index (κ3) is 4.54. The molecule has 0 saturated heterocycles. The minimum Gasteiger partial charge on any atom is -0.469 e. The van der Waals surface area contributed by atoms with E-state index in [1.165, 1.54) is 0 Å². The molecular weight excluding hydrogens is 262 g/mol. The van der Waals surface area contributed by atoms with E-state index in [9.17, 15) is 8.42 Å². The molecule has 0 aliphatic rings. The normalized spacial score (nSPS) is 13.3. The van der Waals surface area contributed by atoms with Gasteiger partial charge in [-0.1, -0.05) is 30.3 Å². The second kappa shape index (κ2) is 6.04. The van der Waals surface area contributed by atoms with Gasteiger partial charge in [0.2, 0.25) is 10.0 Å². The first-order valence-electron chi connectivity index (χ1n) is 6.11. The number of nitrogens with one attached hydrogen (secondary N) is 1. The lowest BCUT2D eigenvalue weighted by molar-refractivity contribution is 0.479. The van der Waals surface area contributed by atoms with Crippen LogP contribution in [0.4, 0.5) is 0 Å². The standard InChI is InChI=1S/C14H17NO3S/c1-12(10-14-8-5-9-18-14)15-19(16,17)11-13-6-3-2-4-7-13/h2-9,12,15H,10-11H2,1H3/t12-/m0/s1. The van der Waals surface area contributed by atoms with Crippen molar-refractivity contribution >= 4 is 10.0 Å². The maximum Gasteiger partial charge on any atom is 0.216 e. The molecule has 102 valence electrons. The summed E-state index contributed by atoms with van der Waals surface area (Å²) in [6.45, 7) is 1.82. The van der Waals surface area contributed by atoms with Crippen LogP contribution in [0.25, 0.3) is 0 Å². The van der Waals surface area contributed by atoms with Crippen molar-refractivity contribution in [3.8, 4) is 0 Å². The minimum atomic E-state index is -3.33. The summed E-state index contributed by atoms with van der Waals surface area (Å²) < 4.78 is 31.9. The van der Waals surface area contributed by atoms with Gasteiger partial charge in [-0.15, -0.1) is 0 Å². The first-order chi connectivity index (χ1) is 9.05. The number of sulfonamides is 1. The molecule has 0 bridgehead atoms. The molecule has 0 radical (unpaired) electrons. The van der Waals surface area contributed by atoms with E-state index in [0.29, 0.717) is 6.42 Å². The largest absolute Gasteiger partial charge is 0.469 e. The summed E-state index contributed by atoms with van der Waals surface area (Å²) in [6, 6.07) is 12.6. The Hall–Kier alpha value is -1.59. The molecular formula is C14H17NO3S. The van der Waals surface area contributed by atoms with Crippen molar-refractivity contribution in [1.82, 2.24) is 4.72 Å². The van der Waals surface area contributed by atoms with Crippen molar-refractivity contribution in [2.75, 3.05) is 0 Å². The van der Waals surface area contributed by atoms with Crippen molar-refractivity contribution in [2.24, 2.45) is 0 Å². The first kappa shape index (κ1) is 13.8. The fourth-order valence-corrected chi connectivity index (χ4v) is 3.33. The Balaban J connectivity index is 1.93. The van der Waals surface area contributed by atoms with Crippen LogP contribution in [-0.2, 0) is 22.2 Å². The van der Waals surface area contributed by atoms with Gasteiger partial charge in [0, 0.05) is 12.5 Å². The summed E-state index contributed by atoms with van der Waals surface area (Å²) in [5.41, 5.74) is 0.778. The van der Waals surface area contributed by atoms with Crippen molar-refractivity contribution in [1.29, 1.82) is 0 Å². The van der Waals surface area contributed by atoms with Gasteiger partial charge in [-0.2, -0.15) is 0 Å². The van der Waals surface area contributed by atoms with Gasteiger partial charge >= 0.3 is 0 Å². The van der Waals surface area contributed by atoms with Crippen molar-refractivity contribution < 1.29 is 12.8 Å². The highest BCUT2D eigenvalue weighted by Crippen LogP contribution is 2.08. The molecule has 0 spiro atoms. The molecule has 2 aromatic rings. The second-order valence-corrected chi connectivity index (χ2v) is 6.30. The Morgan fingerprint density at radius 3 is 2.53 bits per heavy atom. The number of rotatable bonds is 6. The number of hydrogen-bond donors (Lipinski definition) is 1. The topological polar surface area (TPSA) is 59.3 Å². The van der Waals surface area contributed by atoms with E-state index < -0.39 is 10.0 Å². The lowest BCUT2D eigenvalue weighted by atomic mass is 10.2. The van der Waals surface area contributed by atoms with Crippen LogP contribution in [-0.4, -0.2) is 14.5 Å². The third-order valence-electron chi connectivity index (χ3n) is 2.67. The monoisotopic (exact) mass is 279 g/mol. The maximum absolute atomic E-state index is 12.0. The fraction of sp³-hybridized carbons (Fsp3) is 0.286. The van der Waals surface area contributed by atoms with E-state index in [2.05, 4.69) is 4.72 Å². The van der Waals surface area contributed by atoms with Crippen molar-refractivity contribution in [3.05, 3.63) is 60.1 Å². The number of furan rings is 1. The Morgan fingerprint density at radius 1 is 1.16 bits per heavy atom. The molecule has 0 aliphatic heterocycles. The molecule has 2 rings (SSSR count). The zero-order valence-corrected chi connectivity index (χ0v) is 11.6. The van der Waals surface area contributed by atoms with E-state index in [1.807, 2.05) is 31.2 Å². The molecule has 19 heavy (non-hydrogen) atoms. The molecule has 0 fully saturated rings. The highest BCUT2D eigenvalue weighted by atomic mass is 32.2. The molecule has 1 aromatic carbocycles. The summed E-state index contributed by atoms with van der Waals surface area (Å²) in [7, 11) is -3.33. The Morgan fingerprint density at radius 2 is 1.89 bits per heavy atom. The van der Waals surface area contributed by atoms with Crippen LogP contribution in [0.15, 0.2) is 53.1 Å². The van der Waals surface area contributed by atoms with E-state index in [0.717, 1.165) is 11.3 Å². The quantitative estimate of drug-likeness (QED) is 0.883. The second-order valence-electron chi connectivity index (χ2n) is 4.55. The molecule has 0 amide bonds. The van der Waals surface area contributed by atoms with Gasteiger partial charge in [-0.05, 0) is 24.6 Å². The lowest BCUT2D eigenvalue weighted by Crippen LogP contribution is -2.34. The number of benzene rings is 1. The number of hydrogen-bond acceptors (Lipinski definition) is 3. The van der Waals surface area contributed by atoms with Crippen molar-refractivity contribution in [3.63, 3.8) is 0 Å². The van der Waals surface area contributed by atoms with Gasteiger partial charge in [0.1, 0.15) is 5.76 Å². The van der Waals surface area contributed by atoms with E-state index in [4.69, 9.17) is 4.42 Å². The SMILES string of the molecule is C[C@@H](Cc1ccco1)NS(=O)(=O)Cc1ccccc1. The first-order valence-corrected chi connectivity index (χ1v) is 7.77. The van der Waals surface area contributed by atoms with Gasteiger partial charge in [0.25, 0.3) is 0 Å². The molecule has 1 aromatic heterocycles. The Labute approximate surface area is 113 Å². The van der Waals surface area contributed by atoms with Crippen LogP contribution >= 0.6 is 0 Å². The average molecular weight is 279 g/mol. The van der Waals surface area contributed by atoms with Gasteiger partial charge in [-0.3, -0.25) is 0 Å². The average Bonchev–Trinajstić information content (AvgIpc) is 2.81. The van der Waals surface area contributed by atoms with Crippen LogP contribution in [0.3, 0.4) is 0 Å². The molecule has 1 heterocycles. The summed E-state index contributed by atoms with van der Waals surface area (Å²) >= 11 is 0. The lowest BCUT2D eigenvalue weighted by Gasteiger charge is -2.13. The summed E-state index contributed by atoms with van der Waals surface area (Å²) in [4.78, 5) is 0. The van der Waals surface area contributed by atoms with Gasteiger partial charge in [0.15, 0.2) is 0 Å². The van der Waals surface area contributed by atoms with Crippen LogP contribution in [0.5, 0.6) is 0 Å². The Bertz CT molecular complexity index is 591. The van der Waals surface area contributed by atoms with Gasteiger partial charge in [0.05, 0.1) is 12.0 Å². The molecule has 0 unspecified atom stereocenters. The molecule has 4 nitrogen and oxygen atoms in total. The summed E-state index contributed by atoms with van der Waals surface area (Å²) in [5, 5.41) is 0. The van der Waals surface area contributed by atoms with Gasteiger partial charge < -0.3 is 4.42 Å². The smallest absolute Gasteiger partial charge is 0.216 e. The third-order valence-corrected chi connectivity index (χ3v) is 4.14. The van der Waals surface area contributed by atoms with Crippen molar-refractivity contribution in [2.45, 2.75) is 25.1 Å².